The molecule has 29 heavy (non-hydrogen) atoms. The van der Waals surface area contributed by atoms with E-state index in [2.05, 4.69) is 34.0 Å². The van der Waals surface area contributed by atoms with Crippen LogP contribution in [0.5, 0.6) is 0 Å². The molecule has 0 amide bonds. The van der Waals surface area contributed by atoms with E-state index in [4.69, 9.17) is 16.0 Å². The third kappa shape index (κ3) is 4.38. The molecule has 0 aliphatic rings. The number of fused-ring (bicyclic) bond motifs is 1. The summed E-state index contributed by atoms with van der Waals surface area (Å²) >= 11 is 6.17. The van der Waals surface area contributed by atoms with Gasteiger partial charge in [0.05, 0.1) is 0 Å². The van der Waals surface area contributed by atoms with Crippen LogP contribution in [0.25, 0.3) is 45.9 Å². The largest absolute Gasteiger partial charge is 0.456 e. The first-order valence-corrected chi connectivity index (χ1v) is 10.2. The lowest BCUT2D eigenvalue weighted by atomic mass is 10.1. The minimum atomic E-state index is 0.168. The van der Waals surface area contributed by atoms with E-state index < -0.39 is 0 Å². The van der Waals surface area contributed by atoms with Crippen LogP contribution in [0.2, 0.25) is 5.28 Å². The van der Waals surface area contributed by atoms with Gasteiger partial charge in [0.1, 0.15) is 11.0 Å². The van der Waals surface area contributed by atoms with Crippen molar-refractivity contribution in [2.24, 2.45) is 0 Å². The molecule has 148 valence electrons. The molecule has 4 nitrogen and oxygen atoms in total. The number of hydrogen-bond acceptors (Lipinski definition) is 4. The second kappa shape index (κ2) is 9.48. The zero-order valence-electron chi connectivity index (χ0n) is 17.1. The van der Waals surface area contributed by atoms with Crippen LogP contribution in [-0.2, 0) is 0 Å². The van der Waals surface area contributed by atoms with Crippen molar-refractivity contribution in [3.63, 3.8) is 0 Å². The monoisotopic (exact) mass is 405 g/mol. The predicted molar refractivity (Wildman–Crippen MR) is 121 cm³/mol. The first-order chi connectivity index (χ1) is 14.2. The molecule has 0 spiro atoms. The van der Waals surface area contributed by atoms with Crippen LogP contribution >= 0.6 is 11.6 Å². The summed E-state index contributed by atoms with van der Waals surface area (Å²) < 4.78 is 6.05. The summed E-state index contributed by atoms with van der Waals surface area (Å²) in [6.07, 6.45) is 5.07. The Balaban J connectivity index is 0.00000117. The lowest BCUT2D eigenvalue weighted by Gasteiger charge is -2.04. The number of rotatable bonds is 3. The molecule has 0 bridgehead atoms. The van der Waals surface area contributed by atoms with E-state index >= 15 is 0 Å². The average Bonchev–Trinajstić information content (AvgIpc) is 3.12. The SMILES string of the molecule is C/C=c1\c(=C/CC)oc2cc(-c3nc(Cl)nc(-c4ccccc4)n3)ccc12.CC. The maximum Gasteiger partial charge on any atom is 0.226 e. The van der Waals surface area contributed by atoms with Crippen molar-refractivity contribution < 1.29 is 4.42 Å². The van der Waals surface area contributed by atoms with Gasteiger partial charge in [-0.25, -0.2) is 4.98 Å². The first-order valence-electron chi connectivity index (χ1n) is 9.86. The van der Waals surface area contributed by atoms with E-state index in [0.29, 0.717) is 11.6 Å². The summed E-state index contributed by atoms with van der Waals surface area (Å²) in [7, 11) is 0. The van der Waals surface area contributed by atoms with Crippen molar-refractivity contribution in [1.29, 1.82) is 0 Å². The fourth-order valence-corrected chi connectivity index (χ4v) is 3.26. The molecule has 0 fully saturated rings. The molecular formula is C24H24ClN3O. The van der Waals surface area contributed by atoms with Crippen LogP contribution in [0.4, 0.5) is 0 Å². The zero-order chi connectivity index (χ0) is 20.8. The zero-order valence-corrected chi connectivity index (χ0v) is 17.9. The smallest absolute Gasteiger partial charge is 0.226 e. The molecule has 2 aromatic carbocycles. The highest BCUT2D eigenvalue weighted by molar-refractivity contribution is 6.28. The summed E-state index contributed by atoms with van der Waals surface area (Å²) in [5.41, 5.74) is 3.43. The van der Waals surface area contributed by atoms with Gasteiger partial charge in [0, 0.05) is 21.7 Å². The van der Waals surface area contributed by atoms with E-state index in [1.54, 1.807) is 0 Å². The molecule has 0 radical (unpaired) electrons. The number of benzene rings is 2. The van der Waals surface area contributed by atoms with Gasteiger partial charge in [0.2, 0.25) is 5.28 Å². The Labute approximate surface area is 175 Å². The molecule has 0 saturated carbocycles. The van der Waals surface area contributed by atoms with Crippen molar-refractivity contribution >= 4 is 34.7 Å². The molecule has 2 heterocycles. The Morgan fingerprint density at radius 3 is 2.28 bits per heavy atom. The van der Waals surface area contributed by atoms with Crippen LogP contribution in [0, 0.1) is 0 Å². The number of nitrogens with zero attached hydrogens (tertiary/aromatic N) is 3. The number of hydrogen-bond donors (Lipinski definition) is 0. The third-order valence-electron chi connectivity index (χ3n) is 4.33. The van der Waals surface area contributed by atoms with Gasteiger partial charge in [-0.1, -0.05) is 63.2 Å². The van der Waals surface area contributed by atoms with Crippen LogP contribution in [0.3, 0.4) is 0 Å². The quantitative estimate of drug-likeness (QED) is 0.443. The van der Waals surface area contributed by atoms with Crippen molar-refractivity contribution in [3.8, 4) is 22.8 Å². The van der Waals surface area contributed by atoms with Gasteiger partial charge in [-0.05, 0) is 43.2 Å². The Bertz CT molecular complexity index is 1230. The number of halogens is 1. The maximum absolute atomic E-state index is 6.17. The van der Waals surface area contributed by atoms with Crippen LogP contribution < -0.4 is 10.6 Å². The molecule has 2 aromatic heterocycles. The first kappa shape index (κ1) is 20.7. The number of aromatic nitrogens is 3. The van der Waals surface area contributed by atoms with Gasteiger partial charge < -0.3 is 4.42 Å². The number of furan rings is 1. The highest BCUT2D eigenvalue weighted by atomic mass is 35.5. The maximum atomic E-state index is 6.17. The Kier molecular flexibility index (Phi) is 6.78. The molecule has 0 atom stereocenters. The van der Waals surface area contributed by atoms with Gasteiger partial charge in [-0.3, -0.25) is 0 Å². The molecular weight excluding hydrogens is 382 g/mol. The fraction of sp³-hybridized carbons (Fsp3) is 0.208. The van der Waals surface area contributed by atoms with Gasteiger partial charge in [0.25, 0.3) is 0 Å². The average molecular weight is 406 g/mol. The predicted octanol–water partition coefficient (Wildman–Crippen LogP) is 5.62. The highest BCUT2D eigenvalue weighted by Gasteiger charge is 2.11. The van der Waals surface area contributed by atoms with Crippen molar-refractivity contribution in [2.75, 3.05) is 0 Å². The van der Waals surface area contributed by atoms with E-state index in [1.807, 2.05) is 69.3 Å². The Morgan fingerprint density at radius 2 is 1.62 bits per heavy atom. The topological polar surface area (TPSA) is 51.8 Å². The molecule has 0 aliphatic heterocycles. The molecule has 5 heteroatoms. The van der Waals surface area contributed by atoms with E-state index in [9.17, 15) is 0 Å². The molecule has 0 N–H and O–H groups in total. The van der Waals surface area contributed by atoms with Crippen LogP contribution in [0.15, 0.2) is 52.9 Å². The molecule has 4 rings (SSSR count). The lowest BCUT2D eigenvalue weighted by molar-refractivity contribution is 0.574. The van der Waals surface area contributed by atoms with Crippen LogP contribution in [0.1, 0.15) is 34.1 Å². The second-order valence-corrected chi connectivity index (χ2v) is 6.45. The van der Waals surface area contributed by atoms with Crippen molar-refractivity contribution in [3.05, 3.63) is 64.4 Å². The lowest BCUT2D eigenvalue weighted by Crippen LogP contribution is -2.19. The summed E-state index contributed by atoms with van der Waals surface area (Å²) in [6.45, 7) is 8.11. The second-order valence-electron chi connectivity index (χ2n) is 6.11. The summed E-state index contributed by atoms with van der Waals surface area (Å²) in [5.74, 6) is 1.07. The Morgan fingerprint density at radius 1 is 0.931 bits per heavy atom. The molecule has 0 aliphatic carbocycles. The fourth-order valence-electron chi connectivity index (χ4n) is 3.10. The molecule has 0 saturated heterocycles. The van der Waals surface area contributed by atoms with Crippen molar-refractivity contribution in [1.82, 2.24) is 15.0 Å². The van der Waals surface area contributed by atoms with E-state index in [0.717, 1.165) is 39.2 Å². The van der Waals surface area contributed by atoms with Gasteiger partial charge in [-0.2, -0.15) is 9.97 Å². The van der Waals surface area contributed by atoms with E-state index in [-0.39, 0.29) is 5.28 Å². The summed E-state index contributed by atoms with van der Waals surface area (Å²) in [5, 5.41) is 2.35. The van der Waals surface area contributed by atoms with Gasteiger partial charge >= 0.3 is 0 Å². The molecule has 4 aromatic rings. The normalized spacial score (nSPS) is 12.2. The van der Waals surface area contributed by atoms with E-state index in [1.165, 1.54) is 0 Å². The highest BCUT2D eigenvalue weighted by Crippen LogP contribution is 2.24. The third-order valence-corrected chi connectivity index (χ3v) is 4.50. The summed E-state index contributed by atoms with van der Waals surface area (Å²) in [4.78, 5) is 13.2. The minimum absolute atomic E-state index is 0.168. The minimum Gasteiger partial charge on any atom is -0.456 e. The molecule has 0 unspecified atom stereocenters. The van der Waals surface area contributed by atoms with Gasteiger partial charge in [-0.15, -0.1) is 0 Å². The van der Waals surface area contributed by atoms with Crippen LogP contribution in [-0.4, -0.2) is 15.0 Å². The Hall–Kier alpha value is -2.98. The standard InChI is InChI=1S/C22H18ClN3O.C2H6/c1-3-8-18-16(4-2)17-12-11-15(13-19(17)27-18)21-24-20(25-22(23)26-21)14-9-6-5-7-10-14;1-2/h4-13H,3H2,1-2H3;1-2H3/b16-4-,18-8+;. The van der Waals surface area contributed by atoms with Gasteiger partial charge in [0.15, 0.2) is 11.6 Å². The van der Waals surface area contributed by atoms with Crippen molar-refractivity contribution in [2.45, 2.75) is 34.1 Å². The summed E-state index contributed by atoms with van der Waals surface area (Å²) in [6, 6.07) is 15.7.